The second kappa shape index (κ2) is 7.57. The number of likely N-dealkylation sites (tertiary alicyclic amines) is 1. The lowest BCUT2D eigenvalue weighted by atomic mass is 9.81. The summed E-state index contributed by atoms with van der Waals surface area (Å²) in [6, 6.07) is 10.1. The fourth-order valence-electron chi connectivity index (χ4n) is 6.67. The molecule has 3 fully saturated rings. The lowest BCUT2D eigenvalue weighted by Gasteiger charge is -2.25. The van der Waals surface area contributed by atoms with Gasteiger partial charge in [0.05, 0.1) is 30.6 Å². The highest BCUT2D eigenvalue weighted by Crippen LogP contribution is 2.56. The molecule has 2 heterocycles. The van der Waals surface area contributed by atoms with Crippen LogP contribution in [0, 0.1) is 23.7 Å². The average Bonchev–Trinajstić information content (AvgIpc) is 3.56. The number of hydrogen-bond acceptors (Lipinski definition) is 4. The van der Waals surface area contributed by atoms with E-state index in [-0.39, 0.29) is 42.1 Å². The molecule has 7 heteroatoms. The van der Waals surface area contributed by atoms with Gasteiger partial charge < -0.3 is 5.32 Å². The predicted molar refractivity (Wildman–Crippen MR) is 116 cm³/mol. The smallest absolute Gasteiger partial charge is 0.240 e. The van der Waals surface area contributed by atoms with Crippen molar-refractivity contribution in [3.63, 3.8) is 0 Å². The highest BCUT2D eigenvalue weighted by molar-refractivity contribution is 6.08. The first kappa shape index (κ1) is 19.7. The number of imide groups is 1. The molecule has 7 nitrogen and oxygen atoms in total. The van der Waals surface area contributed by atoms with Crippen molar-refractivity contribution >= 4 is 17.7 Å². The van der Waals surface area contributed by atoms with Crippen molar-refractivity contribution in [2.75, 3.05) is 6.54 Å². The van der Waals surface area contributed by atoms with Gasteiger partial charge in [-0.2, -0.15) is 5.10 Å². The Balaban J connectivity index is 1.14. The lowest BCUT2D eigenvalue weighted by Crippen LogP contribution is -2.43. The van der Waals surface area contributed by atoms with Crippen LogP contribution in [-0.4, -0.2) is 38.9 Å². The Morgan fingerprint density at radius 3 is 2.47 bits per heavy atom. The van der Waals surface area contributed by atoms with Crippen LogP contribution in [0.2, 0.25) is 0 Å². The zero-order chi connectivity index (χ0) is 21.8. The predicted octanol–water partition coefficient (Wildman–Crippen LogP) is 2.46. The number of carbonyl (C=O) groups is 3. The van der Waals surface area contributed by atoms with E-state index in [0.29, 0.717) is 18.4 Å². The van der Waals surface area contributed by atoms with Crippen molar-refractivity contribution in [2.45, 2.75) is 51.1 Å². The maximum absolute atomic E-state index is 12.9. The van der Waals surface area contributed by atoms with E-state index in [2.05, 4.69) is 22.5 Å². The molecule has 1 N–H and O–H groups in total. The van der Waals surface area contributed by atoms with Crippen LogP contribution in [0.15, 0.2) is 36.5 Å². The van der Waals surface area contributed by atoms with Crippen molar-refractivity contribution in [1.29, 1.82) is 0 Å². The van der Waals surface area contributed by atoms with E-state index in [1.54, 1.807) is 0 Å². The summed E-state index contributed by atoms with van der Waals surface area (Å²) in [6.45, 7) is 0.548. The van der Waals surface area contributed by atoms with E-state index in [0.717, 1.165) is 49.8 Å². The lowest BCUT2D eigenvalue weighted by molar-refractivity contribution is -0.144. The fraction of sp³-hybridized carbons (Fsp3) is 0.520. The number of hydrogen-bond donors (Lipinski definition) is 1. The highest BCUT2D eigenvalue weighted by atomic mass is 16.2. The van der Waals surface area contributed by atoms with Gasteiger partial charge in [0.2, 0.25) is 17.7 Å². The monoisotopic (exact) mass is 432 g/mol. The summed E-state index contributed by atoms with van der Waals surface area (Å²) >= 11 is 0. The number of nitrogens with one attached hydrogen (secondary N) is 1. The Kier molecular flexibility index (Phi) is 4.66. The average molecular weight is 433 g/mol. The molecule has 0 radical (unpaired) electrons. The summed E-state index contributed by atoms with van der Waals surface area (Å²) in [5, 5.41) is 7.67. The first-order chi connectivity index (χ1) is 15.6. The van der Waals surface area contributed by atoms with Gasteiger partial charge >= 0.3 is 0 Å². The molecule has 3 aliphatic carbocycles. The highest BCUT2D eigenvalue weighted by Gasteiger charge is 2.61. The second-order valence-electron chi connectivity index (χ2n) is 9.85. The Morgan fingerprint density at radius 2 is 1.75 bits per heavy atom. The van der Waals surface area contributed by atoms with Crippen LogP contribution in [0.3, 0.4) is 0 Å². The quantitative estimate of drug-likeness (QED) is 0.736. The molecule has 3 amide bonds. The minimum atomic E-state index is -0.257. The SMILES string of the molecule is O=C(CN1C(=O)C2C3CCC(C3)C2C1=O)NC1CCCc2c1cnn2Cc1ccccc1. The third kappa shape index (κ3) is 3.09. The molecule has 2 bridgehead atoms. The summed E-state index contributed by atoms with van der Waals surface area (Å²) in [6.07, 6.45) is 7.69. The molecular formula is C25H28N4O3. The number of fused-ring (bicyclic) bond motifs is 6. The first-order valence-electron chi connectivity index (χ1n) is 11.8. The molecule has 2 aromatic rings. The maximum atomic E-state index is 12.9. The van der Waals surface area contributed by atoms with E-state index >= 15 is 0 Å². The number of aromatic nitrogens is 2. The third-order valence-corrected chi connectivity index (χ3v) is 8.09. The Labute approximate surface area is 187 Å². The first-order valence-corrected chi connectivity index (χ1v) is 11.8. The van der Waals surface area contributed by atoms with E-state index < -0.39 is 0 Å². The van der Waals surface area contributed by atoms with E-state index in [4.69, 9.17) is 0 Å². The topological polar surface area (TPSA) is 84.3 Å². The molecule has 1 aromatic heterocycles. The van der Waals surface area contributed by atoms with Gasteiger partial charge in [-0.25, -0.2) is 0 Å². The van der Waals surface area contributed by atoms with Crippen LogP contribution in [0.5, 0.6) is 0 Å². The number of rotatable bonds is 5. The zero-order valence-corrected chi connectivity index (χ0v) is 18.1. The van der Waals surface area contributed by atoms with E-state index in [9.17, 15) is 14.4 Å². The number of amides is 3. The molecule has 6 rings (SSSR count). The zero-order valence-electron chi connectivity index (χ0n) is 18.1. The van der Waals surface area contributed by atoms with Gasteiger partial charge in [-0.15, -0.1) is 0 Å². The van der Waals surface area contributed by atoms with Crippen molar-refractivity contribution in [1.82, 2.24) is 20.0 Å². The van der Waals surface area contributed by atoms with Gasteiger partial charge in [-0.1, -0.05) is 30.3 Å². The molecule has 2 saturated carbocycles. The molecule has 4 aliphatic rings. The number of benzene rings is 1. The third-order valence-electron chi connectivity index (χ3n) is 8.09. The molecular weight excluding hydrogens is 404 g/mol. The van der Waals surface area contributed by atoms with Crippen molar-refractivity contribution in [2.24, 2.45) is 23.7 Å². The van der Waals surface area contributed by atoms with Crippen molar-refractivity contribution < 1.29 is 14.4 Å². The van der Waals surface area contributed by atoms with Crippen LogP contribution in [0.4, 0.5) is 0 Å². The molecule has 5 unspecified atom stereocenters. The summed E-state index contributed by atoms with van der Waals surface area (Å²) < 4.78 is 2.02. The molecule has 1 aromatic carbocycles. The molecule has 5 atom stereocenters. The van der Waals surface area contributed by atoms with Gasteiger partial charge in [0.25, 0.3) is 0 Å². The molecule has 32 heavy (non-hydrogen) atoms. The van der Waals surface area contributed by atoms with Crippen LogP contribution in [-0.2, 0) is 27.3 Å². The number of carbonyl (C=O) groups excluding carboxylic acids is 3. The van der Waals surface area contributed by atoms with Gasteiger partial charge in [0.15, 0.2) is 0 Å². The summed E-state index contributed by atoms with van der Waals surface area (Å²) in [7, 11) is 0. The van der Waals surface area contributed by atoms with Crippen LogP contribution >= 0.6 is 0 Å². The van der Waals surface area contributed by atoms with Crippen LogP contribution in [0.1, 0.15) is 55.0 Å². The largest absolute Gasteiger partial charge is 0.348 e. The van der Waals surface area contributed by atoms with Crippen molar-refractivity contribution in [3.05, 3.63) is 53.3 Å². The van der Waals surface area contributed by atoms with Crippen LogP contribution < -0.4 is 5.32 Å². The molecule has 0 spiro atoms. The van der Waals surface area contributed by atoms with Gasteiger partial charge in [0.1, 0.15) is 6.54 Å². The summed E-state index contributed by atoms with van der Waals surface area (Å²) in [5.74, 6) is -0.174. The summed E-state index contributed by atoms with van der Waals surface area (Å²) in [5.41, 5.74) is 3.40. The molecule has 166 valence electrons. The Hall–Kier alpha value is -2.96. The second-order valence-corrected chi connectivity index (χ2v) is 9.85. The minimum absolute atomic E-state index is 0.123. The normalized spacial score (nSPS) is 30.5. The Bertz CT molecular complexity index is 1050. The number of nitrogens with zero attached hydrogens (tertiary/aromatic N) is 3. The Morgan fingerprint density at radius 1 is 1.03 bits per heavy atom. The van der Waals surface area contributed by atoms with Gasteiger partial charge in [0, 0.05) is 11.3 Å². The van der Waals surface area contributed by atoms with E-state index in [1.807, 2.05) is 29.1 Å². The van der Waals surface area contributed by atoms with Gasteiger partial charge in [-0.3, -0.25) is 24.0 Å². The van der Waals surface area contributed by atoms with Crippen LogP contribution in [0.25, 0.3) is 0 Å². The standard InChI is InChI=1S/C25H28N4O3/c30-21(14-28-24(31)22-16-9-10-17(11-16)23(22)25(28)32)27-19-7-4-8-20-18(19)12-26-29(20)13-15-5-2-1-3-6-15/h1-3,5-6,12,16-17,19,22-23H,4,7-11,13-14H2,(H,27,30). The van der Waals surface area contributed by atoms with Gasteiger partial charge in [-0.05, 0) is 55.9 Å². The summed E-state index contributed by atoms with van der Waals surface area (Å²) in [4.78, 5) is 39.9. The maximum Gasteiger partial charge on any atom is 0.240 e. The molecule has 1 saturated heterocycles. The molecule has 1 aliphatic heterocycles. The fourth-order valence-corrected chi connectivity index (χ4v) is 6.67. The van der Waals surface area contributed by atoms with Crippen molar-refractivity contribution in [3.8, 4) is 0 Å². The van der Waals surface area contributed by atoms with E-state index in [1.165, 1.54) is 10.5 Å². The minimum Gasteiger partial charge on any atom is -0.348 e.